The highest BCUT2D eigenvalue weighted by molar-refractivity contribution is 6.15. The smallest absolute Gasteiger partial charge is 0.339 e. The molecule has 1 amide bonds. The molecule has 0 aromatic heterocycles. The first kappa shape index (κ1) is 21.8. The first-order valence-electron chi connectivity index (χ1n) is 10.6. The van der Waals surface area contributed by atoms with E-state index in [2.05, 4.69) is 0 Å². The average molecular weight is 408 g/mol. The zero-order valence-corrected chi connectivity index (χ0v) is 17.8. The second-order valence-electron chi connectivity index (χ2n) is 7.92. The molecular weight excluding hydrogens is 378 g/mol. The van der Waals surface area contributed by atoms with E-state index >= 15 is 0 Å². The number of benzene rings is 2. The highest BCUT2D eigenvalue weighted by atomic mass is 16.5. The van der Waals surface area contributed by atoms with E-state index in [-0.39, 0.29) is 29.4 Å². The second kappa shape index (κ2) is 10.2. The number of carbonyl (C=O) groups excluding carboxylic acids is 3. The van der Waals surface area contributed by atoms with E-state index in [0.29, 0.717) is 18.7 Å². The summed E-state index contributed by atoms with van der Waals surface area (Å²) in [6.07, 6.45) is 5.41. The first-order valence-corrected chi connectivity index (χ1v) is 10.6. The van der Waals surface area contributed by atoms with E-state index in [1.54, 1.807) is 29.2 Å². The zero-order valence-electron chi connectivity index (χ0n) is 17.8. The van der Waals surface area contributed by atoms with Crippen LogP contribution in [-0.4, -0.2) is 42.3 Å². The molecule has 1 aliphatic heterocycles. The summed E-state index contributed by atoms with van der Waals surface area (Å²) in [5, 5.41) is 0. The van der Waals surface area contributed by atoms with Crippen LogP contribution in [0.1, 0.15) is 69.5 Å². The molecule has 1 aliphatic rings. The van der Waals surface area contributed by atoms with Gasteiger partial charge in [-0.25, -0.2) is 4.79 Å². The van der Waals surface area contributed by atoms with Crippen molar-refractivity contribution < 1.29 is 19.1 Å². The van der Waals surface area contributed by atoms with Gasteiger partial charge in [-0.15, -0.1) is 0 Å². The number of ketones is 1. The first-order chi connectivity index (χ1) is 14.5. The standard InChI is InChI=1S/C25H29NO4/c1-18-12-13-19(2)22(16-18)24(28)20-10-6-7-11-21(20)25(29)30-17-23(27)26-14-8-4-3-5-9-15-26/h6-7,10-13,16H,3-5,8-9,14-15,17H2,1-2H3. The minimum absolute atomic E-state index is 0.177. The van der Waals surface area contributed by atoms with Gasteiger partial charge in [-0.1, -0.05) is 55.2 Å². The Hall–Kier alpha value is -2.95. The molecule has 5 heteroatoms. The largest absolute Gasteiger partial charge is 0.452 e. The molecule has 1 fully saturated rings. The Morgan fingerprint density at radius 2 is 1.47 bits per heavy atom. The quantitative estimate of drug-likeness (QED) is 0.541. The van der Waals surface area contributed by atoms with Crippen LogP contribution in [0.15, 0.2) is 42.5 Å². The number of likely N-dealkylation sites (tertiary alicyclic amines) is 1. The fourth-order valence-corrected chi connectivity index (χ4v) is 3.78. The van der Waals surface area contributed by atoms with Gasteiger partial charge in [0, 0.05) is 24.2 Å². The summed E-state index contributed by atoms with van der Waals surface area (Å²) in [4.78, 5) is 40.1. The van der Waals surface area contributed by atoms with Crippen LogP contribution in [0, 0.1) is 13.8 Å². The zero-order chi connectivity index (χ0) is 21.5. The SMILES string of the molecule is Cc1ccc(C)c(C(=O)c2ccccc2C(=O)OCC(=O)N2CCCCCCC2)c1. The Balaban J connectivity index is 1.71. The number of rotatable bonds is 5. The predicted molar refractivity (Wildman–Crippen MR) is 116 cm³/mol. The van der Waals surface area contributed by atoms with Crippen molar-refractivity contribution in [1.29, 1.82) is 0 Å². The third kappa shape index (κ3) is 5.35. The third-order valence-electron chi connectivity index (χ3n) is 5.56. The third-order valence-corrected chi connectivity index (χ3v) is 5.56. The maximum absolute atomic E-state index is 13.1. The minimum Gasteiger partial charge on any atom is -0.452 e. The number of carbonyl (C=O) groups is 3. The van der Waals surface area contributed by atoms with Crippen LogP contribution in [0.2, 0.25) is 0 Å². The van der Waals surface area contributed by atoms with Crippen LogP contribution < -0.4 is 0 Å². The summed E-state index contributed by atoms with van der Waals surface area (Å²) >= 11 is 0. The number of hydrogen-bond donors (Lipinski definition) is 0. The number of ether oxygens (including phenoxy) is 1. The van der Waals surface area contributed by atoms with E-state index in [0.717, 1.165) is 36.8 Å². The van der Waals surface area contributed by atoms with E-state index < -0.39 is 5.97 Å². The van der Waals surface area contributed by atoms with Crippen molar-refractivity contribution in [3.05, 3.63) is 70.3 Å². The number of amides is 1. The summed E-state index contributed by atoms with van der Waals surface area (Å²) < 4.78 is 5.31. The summed E-state index contributed by atoms with van der Waals surface area (Å²) in [6.45, 7) is 4.91. The summed E-state index contributed by atoms with van der Waals surface area (Å²) in [5.41, 5.74) is 2.86. The van der Waals surface area contributed by atoms with Gasteiger partial charge in [-0.2, -0.15) is 0 Å². The molecular formula is C25H29NO4. The van der Waals surface area contributed by atoms with E-state index in [4.69, 9.17) is 4.74 Å². The van der Waals surface area contributed by atoms with Gasteiger partial charge in [0.15, 0.2) is 12.4 Å². The van der Waals surface area contributed by atoms with Gasteiger partial charge < -0.3 is 9.64 Å². The van der Waals surface area contributed by atoms with Crippen molar-refractivity contribution >= 4 is 17.7 Å². The highest BCUT2D eigenvalue weighted by Gasteiger charge is 2.22. The molecule has 2 aromatic carbocycles. The minimum atomic E-state index is -0.648. The number of esters is 1. The molecule has 0 radical (unpaired) electrons. The predicted octanol–water partition coefficient (Wildman–Crippen LogP) is 4.48. The molecule has 2 aromatic rings. The fraction of sp³-hybridized carbons (Fsp3) is 0.400. The number of hydrogen-bond acceptors (Lipinski definition) is 4. The molecule has 0 saturated carbocycles. The number of nitrogens with zero attached hydrogens (tertiary/aromatic N) is 1. The van der Waals surface area contributed by atoms with Crippen LogP contribution >= 0.6 is 0 Å². The highest BCUT2D eigenvalue weighted by Crippen LogP contribution is 2.20. The topological polar surface area (TPSA) is 63.7 Å². The maximum atomic E-state index is 13.1. The molecule has 158 valence electrons. The molecule has 0 atom stereocenters. The molecule has 0 N–H and O–H groups in total. The van der Waals surface area contributed by atoms with Gasteiger partial charge in [0.1, 0.15) is 0 Å². The van der Waals surface area contributed by atoms with E-state index in [9.17, 15) is 14.4 Å². The van der Waals surface area contributed by atoms with Gasteiger partial charge in [-0.3, -0.25) is 9.59 Å². The van der Waals surface area contributed by atoms with Crippen molar-refractivity contribution in [2.75, 3.05) is 19.7 Å². The van der Waals surface area contributed by atoms with Gasteiger partial charge in [0.25, 0.3) is 5.91 Å². The lowest BCUT2D eigenvalue weighted by atomic mass is 9.94. The molecule has 0 aliphatic carbocycles. The molecule has 0 unspecified atom stereocenters. The van der Waals surface area contributed by atoms with E-state index in [1.165, 1.54) is 6.42 Å². The molecule has 30 heavy (non-hydrogen) atoms. The molecule has 1 saturated heterocycles. The van der Waals surface area contributed by atoms with Crippen molar-refractivity contribution in [3.63, 3.8) is 0 Å². The molecule has 5 nitrogen and oxygen atoms in total. The molecule has 1 heterocycles. The van der Waals surface area contributed by atoms with Crippen molar-refractivity contribution in [2.45, 2.75) is 46.0 Å². The number of aryl methyl sites for hydroxylation is 2. The lowest BCUT2D eigenvalue weighted by molar-refractivity contribution is -0.134. The lowest BCUT2D eigenvalue weighted by Gasteiger charge is -2.24. The average Bonchev–Trinajstić information content (AvgIpc) is 2.73. The summed E-state index contributed by atoms with van der Waals surface area (Å²) in [6, 6.07) is 12.3. The Labute approximate surface area is 178 Å². The fourth-order valence-electron chi connectivity index (χ4n) is 3.78. The van der Waals surface area contributed by atoms with Crippen molar-refractivity contribution in [3.8, 4) is 0 Å². The monoisotopic (exact) mass is 407 g/mol. The van der Waals surface area contributed by atoms with Crippen LogP contribution in [0.25, 0.3) is 0 Å². The van der Waals surface area contributed by atoms with Gasteiger partial charge in [0.05, 0.1) is 5.56 Å². The molecule has 0 bridgehead atoms. The van der Waals surface area contributed by atoms with Gasteiger partial charge >= 0.3 is 5.97 Å². The maximum Gasteiger partial charge on any atom is 0.339 e. The van der Waals surface area contributed by atoms with Crippen LogP contribution in [0.3, 0.4) is 0 Å². The van der Waals surface area contributed by atoms with Crippen LogP contribution in [0.5, 0.6) is 0 Å². The van der Waals surface area contributed by atoms with Crippen molar-refractivity contribution in [1.82, 2.24) is 4.90 Å². The van der Waals surface area contributed by atoms with E-state index in [1.807, 2.05) is 32.0 Å². The normalized spacial score (nSPS) is 14.5. The van der Waals surface area contributed by atoms with Gasteiger partial charge in [-0.05, 0) is 44.4 Å². The van der Waals surface area contributed by atoms with Crippen molar-refractivity contribution in [2.24, 2.45) is 0 Å². The lowest BCUT2D eigenvalue weighted by Crippen LogP contribution is -2.37. The molecule has 0 spiro atoms. The Bertz CT molecular complexity index is 926. The second-order valence-corrected chi connectivity index (χ2v) is 7.92. The molecule has 3 rings (SSSR count). The summed E-state index contributed by atoms with van der Waals surface area (Å²) in [5.74, 6) is -1.05. The Morgan fingerprint density at radius 1 is 0.833 bits per heavy atom. The summed E-state index contributed by atoms with van der Waals surface area (Å²) in [7, 11) is 0. The van der Waals surface area contributed by atoms with Crippen LogP contribution in [0.4, 0.5) is 0 Å². The Morgan fingerprint density at radius 3 is 2.17 bits per heavy atom. The Kier molecular flexibility index (Phi) is 7.39. The van der Waals surface area contributed by atoms with Gasteiger partial charge in [0.2, 0.25) is 0 Å². The van der Waals surface area contributed by atoms with Crippen LogP contribution in [-0.2, 0) is 9.53 Å².